The van der Waals surface area contributed by atoms with Crippen molar-refractivity contribution in [3.05, 3.63) is 35.6 Å². The van der Waals surface area contributed by atoms with Crippen molar-refractivity contribution in [1.82, 2.24) is 4.90 Å². The van der Waals surface area contributed by atoms with Gasteiger partial charge in [0.2, 0.25) is 0 Å². The molecule has 94 valence electrons. The van der Waals surface area contributed by atoms with Crippen LogP contribution in [0.25, 0.3) is 0 Å². The molecule has 2 heteroatoms. The van der Waals surface area contributed by atoms with Gasteiger partial charge in [0.05, 0.1) is 0 Å². The molecule has 0 N–H and O–H groups in total. The summed E-state index contributed by atoms with van der Waals surface area (Å²) in [6.07, 6.45) is 2.33. The number of halogens is 1. The molecular formula is C15H22FN. The van der Waals surface area contributed by atoms with Gasteiger partial charge in [-0.05, 0) is 55.5 Å². The molecule has 2 rings (SSSR count). The molecule has 1 aromatic rings. The standard InChI is InChI=1S/C15H22FN/c1-12(2)11-17-8-6-13(7-9-17)14-4-3-5-15(16)10-14/h3-5,10,12-13H,6-9,11H2,1-2H3. The average Bonchev–Trinajstić information content (AvgIpc) is 2.29. The van der Waals surface area contributed by atoms with Gasteiger partial charge in [0, 0.05) is 6.54 Å². The van der Waals surface area contributed by atoms with Crippen LogP contribution in [0.15, 0.2) is 24.3 Å². The van der Waals surface area contributed by atoms with Gasteiger partial charge < -0.3 is 4.90 Å². The van der Waals surface area contributed by atoms with Crippen LogP contribution >= 0.6 is 0 Å². The fourth-order valence-corrected chi connectivity index (χ4v) is 2.73. The number of nitrogens with zero attached hydrogens (tertiary/aromatic N) is 1. The Morgan fingerprint density at radius 3 is 2.59 bits per heavy atom. The quantitative estimate of drug-likeness (QED) is 0.773. The van der Waals surface area contributed by atoms with E-state index in [2.05, 4.69) is 24.8 Å². The maximum atomic E-state index is 13.2. The highest BCUT2D eigenvalue weighted by Gasteiger charge is 2.20. The zero-order valence-corrected chi connectivity index (χ0v) is 10.8. The third kappa shape index (κ3) is 3.53. The van der Waals surface area contributed by atoms with Crippen molar-refractivity contribution in [2.24, 2.45) is 5.92 Å². The van der Waals surface area contributed by atoms with Crippen molar-refractivity contribution in [3.63, 3.8) is 0 Å². The molecule has 0 amide bonds. The van der Waals surface area contributed by atoms with E-state index in [-0.39, 0.29) is 5.82 Å². The summed E-state index contributed by atoms with van der Waals surface area (Å²) in [6.45, 7) is 8.02. The average molecular weight is 235 g/mol. The van der Waals surface area contributed by atoms with Crippen LogP contribution < -0.4 is 0 Å². The van der Waals surface area contributed by atoms with Crippen LogP contribution in [-0.2, 0) is 0 Å². The third-order valence-corrected chi connectivity index (χ3v) is 3.53. The molecule has 17 heavy (non-hydrogen) atoms. The van der Waals surface area contributed by atoms with Gasteiger partial charge in [-0.3, -0.25) is 0 Å². The smallest absolute Gasteiger partial charge is 0.123 e. The van der Waals surface area contributed by atoms with E-state index in [4.69, 9.17) is 0 Å². The summed E-state index contributed by atoms with van der Waals surface area (Å²) < 4.78 is 13.2. The Morgan fingerprint density at radius 2 is 2.00 bits per heavy atom. The van der Waals surface area contributed by atoms with Crippen LogP contribution in [0.2, 0.25) is 0 Å². The highest BCUT2D eigenvalue weighted by Crippen LogP contribution is 2.28. The van der Waals surface area contributed by atoms with Gasteiger partial charge in [0.25, 0.3) is 0 Å². The Morgan fingerprint density at radius 1 is 1.29 bits per heavy atom. The Hall–Kier alpha value is -0.890. The normalized spacial score (nSPS) is 18.8. The Balaban J connectivity index is 1.91. The first-order valence-electron chi connectivity index (χ1n) is 6.63. The van der Waals surface area contributed by atoms with Crippen molar-refractivity contribution in [3.8, 4) is 0 Å². The maximum Gasteiger partial charge on any atom is 0.123 e. The molecule has 1 heterocycles. The summed E-state index contributed by atoms with van der Waals surface area (Å²) in [5.74, 6) is 1.18. The van der Waals surface area contributed by atoms with E-state index in [0.717, 1.165) is 31.8 Å². The first kappa shape index (κ1) is 12.6. The molecule has 1 aromatic carbocycles. The van der Waals surface area contributed by atoms with Crippen LogP contribution in [0.1, 0.15) is 38.2 Å². The molecule has 0 aromatic heterocycles. The molecule has 0 unspecified atom stereocenters. The maximum absolute atomic E-state index is 13.2. The van der Waals surface area contributed by atoms with Gasteiger partial charge in [-0.1, -0.05) is 26.0 Å². The van der Waals surface area contributed by atoms with Gasteiger partial charge >= 0.3 is 0 Å². The number of hydrogen-bond donors (Lipinski definition) is 0. The van der Waals surface area contributed by atoms with E-state index in [1.165, 1.54) is 18.2 Å². The predicted molar refractivity (Wildman–Crippen MR) is 69.7 cm³/mol. The van der Waals surface area contributed by atoms with E-state index < -0.39 is 0 Å². The fraction of sp³-hybridized carbons (Fsp3) is 0.600. The Labute approximate surface area is 104 Å². The number of hydrogen-bond acceptors (Lipinski definition) is 1. The zero-order valence-electron chi connectivity index (χ0n) is 10.8. The summed E-state index contributed by atoms with van der Waals surface area (Å²) in [6, 6.07) is 7.11. The van der Waals surface area contributed by atoms with Crippen molar-refractivity contribution < 1.29 is 4.39 Å². The molecule has 1 aliphatic heterocycles. The molecule has 0 radical (unpaired) electrons. The highest BCUT2D eigenvalue weighted by atomic mass is 19.1. The minimum atomic E-state index is -0.105. The van der Waals surface area contributed by atoms with Crippen LogP contribution in [0, 0.1) is 11.7 Å². The van der Waals surface area contributed by atoms with Crippen molar-refractivity contribution >= 4 is 0 Å². The number of benzene rings is 1. The van der Waals surface area contributed by atoms with Gasteiger partial charge in [-0.25, -0.2) is 4.39 Å². The molecular weight excluding hydrogens is 213 g/mol. The molecule has 0 saturated carbocycles. The SMILES string of the molecule is CC(C)CN1CCC(c2cccc(F)c2)CC1. The van der Waals surface area contributed by atoms with Gasteiger partial charge in [-0.15, -0.1) is 0 Å². The lowest BCUT2D eigenvalue weighted by molar-refractivity contribution is 0.192. The second kappa shape index (κ2) is 5.63. The van der Waals surface area contributed by atoms with Crippen LogP contribution in [0.4, 0.5) is 4.39 Å². The summed E-state index contributed by atoms with van der Waals surface area (Å²) in [4.78, 5) is 2.53. The van der Waals surface area contributed by atoms with E-state index in [9.17, 15) is 4.39 Å². The van der Waals surface area contributed by atoms with Crippen molar-refractivity contribution in [2.45, 2.75) is 32.6 Å². The van der Waals surface area contributed by atoms with Gasteiger partial charge in [0.1, 0.15) is 5.82 Å². The first-order chi connectivity index (χ1) is 8.15. The van der Waals surface area contributed by atoms with E-state index in [1.807, 2.05) is 6.07 Å². The monoisotopic (exact) mass is 235 g/mol. The lowest BCUT2D eigenvalue weighted by atomic mass is 9.89. The van der Waals surface area contributed by atoms with Crippen LogP contribution in [0.3, 0.4) is 0 Å². The van der Waals surface area contributed by atoms with E-state index in [1.54, 1.807) is 6.07 Å². The molecule has 1 aliphatic rings. The minimum Gasteiger partial charge on any atom is -0.303 e. The Kier molecular flexibility index (Phi) is 4.16. The molecule has 1 saturated heterocycles. The second-order valence-corrected chi connectivity index (χ2v) is 5.52. The van der Waals surface area contributed by atoms with E-state index in [0.29, 0.717) is 5.92 Å². The zero-order chi connectivity index (χ0) is 12.3. The molecule has 1 fully saturated rings. The molecule has 0 atom stereocenters. The first-order valence-corrected chi connectivity index (χ1v) is 6.63. The summed E-state index contributed by atoms with van der Waals surface area (Å²) in [5, 5.41) is 0. The van der Waals surface area contributed by atoms with Crippen molar-refractivity contribution in [2.75, 3.05) is 19.6 Å². The number of rotatable bonds is 3. The molecule has 0 aliphatic carbocycles. The topological polar surface area (TPSA) is 3.24 Å². The lowest BCUT2D eigenvalue weighted by Crippen LogP contribution is -2.35. The van der Waals surface area contributed by atoms with E-state index >= 15 is 0 Å². The summed E-state index contributed by atoms with van der Waals surface area (Å²) in [5.41, 5.74) is 1.18. The predicted octanol–water partition coefficient (Wildman–Crippen LogP) is 3.66. The molecule has 0 spiro atoms. The molecule has 1 nitrogen and oxygen atoms in total. The summed E-state index contributed by atoms with van der Waals surface area (Å²) >= 11 is 0. The fourth-order valence-electron chi connectivity index (χ4n) is 2.73. The summed E-state index contributed by atoms with van der Waals surface area (Å²) in [7, 11) is 0. The van der Waals surface area contributed by atoms with Gasteiger partial charge in [-0.2, -0.15) is 0 Å². The largest absolute Gasteiger partial charge is 0.303 e. The van der Waals surface area contributed by atoms with Gasteiger partial charge in [0.15, 0.2) is 0 Å². The van der Waals surface area contributed by atoms with Crippen LogP contribution in [-0.4, -0.2) is 24.5 Å². The number of likely N-dealkylation sites (tertiary alicyclic amines) is 1. The number of piperidine rings is 1. The lowest BCUT2D eigenvalue weighted by Gasteiger charge is -2.33. The van der Waals surface area contributed by atoms with Crippen molar-refractivity contribution in [1.29, 1.82) is 0 Å². The second-order valence-electron chi connectivity index (χ2n) is 5.52. The highest BCUT2D eigenvalue weighted by molar-refractivity contribution is 5.21. The minimum absolute atomic E-state index is 0.105. The Bertz CT molecular complexity index is 354. The molecule has 0 bridgehead atoms. The third-order valence-electron chi connectivity index (χ3n) is 3.53. The van der Waals surface area contributed by atoms with Crippen LogP contribution in [0.5, 0.6) is 0 Å².